The van der Waals surface area contributed by atoms with Crippen LogP contribution in [0, 0.1) is 0 Å². The lowest BCUT2D eigenvalue weighted by Gasteiger charge is -2.21. The monoisotopic (exact) mass is 300 g/mol. The van der Waals surface area contributed by atoms with Crippen LogP contribution in [0.5, 0.6) is 5.75 Å². The molecule has 0 aliphatic rings. The third-order valence-corrected chi connectivity index (χ3v) is 4.54. The Morgan fingerprint density at radius 3 is 2.45 bits per heavy atom. The lowest BCUT2D eigenvalue weighted by Crippen LogP contribution is -2.23. The fourth-order valence-corrected chi connectivity index (χ4v) is 3.38. The summed E-state index contributed by atoms with van der Waals surface area (Å²) in [6, 6.07) is 8.78. The average molecular weight is 300 g/mol. The van der Waals surface area contributed by atoms with Crippen LogP contribution < -0.4 is 4.52 Å². The molecule has 1 rings (SSSR count). The zero-order valence-corrected chi connectivity index (χ0v) is 13.0. The Hall–Kier alpha value is -1.32. The van der Waals surface area contributed by atoms with E-state index < -0.39 is 19.7 Å². The molecular weight excluding hydrogens is 279 g/mol. The molecule has 0 amide bonds. The van der Waals surface area contributed by atoms with Crippen molar-refractivity contribution < 1.29 is 23.1 Å². The molecule has 1 aromatic carbocycles. The number of ether oxygens (including phenoxy) is 1. The van der Waals surface area contributed by atoms with Crippen LogP contribution in [-0.2, 0) is 18.6 Å². The molecule has 0 heterocycles. The van der Waals surface area contributed by atoms with E-state index in [9.17, 15) is 9.36 Å². The minimum atomic E-state index is -3.38. The molecule has 0 saturated carbocycles. The molecule has 1 unspecified atom stereocenters. The predicted octanol–water partition coefficient (Wildman–Crippen LogP) is 3.64. The van der Waals surface area contributed by atoms with Gasteiger partial charge in [-0.25, -0.2) is 9.36 Å². The summed E-state index contributed by atoms with van der Waals surface area (Å²) in [5.74, 6) is -0.0826. The van der Waals surface area contributed by atoms with E-state index in [1.807, 2.05) is 13.0 Å². The van der Waals surface area contributed by atoms with Gasteiger partial charge in [0.15, 0.2) is 6.10 Å². The molecule has 0 aliphatic carbocycles. The Morgan fingerprint density at radius 1 is 1.25 bits per heavy atom. The highest BCUT2D eigenvalue weighted by atomic mass is 31.2. The van der Waals surface area contributed by atoms with Crippen molar-refractivity contribution in [1.82, 2.24) is 0 Å². The first-order valence-corrected chi connectivity index (χ1v) is 8.42. The molecule has 0 radical (unpaired) electrons. The highest BCUT2D eigenvalue weighted by Crippen LogP contribution is 2.49. The molecule has 0 aromatic heterocycles. The summed E-state index contributed by atoms with van der Waals surface area (Å²) >= 11 is 0. The van der Waals surface area contributed by atoms with Gasteiger partial charge in [-0.05, 0) is 32.4 Å². The smallest absolute Gasteiger partial charge is 0.379 e. The number of hydrogen-bond donors (Lipinski definition) is 0. The minimum absolute atomic E-state index is 0.242. The largest absolute Gasteiger partial charge is 0.464 e. The molecule has 0 aliphatic heterocycles. The van der Waals surface area contributed by atoms with Crippen molar-refractivity contribution in [2.45, 2.75) is 33.3 Å². The number of rotatable bonds is 8. The number of benzene rings is 1. The van der Waals surface area contributed by atoms with Gasteiger partial charge in [0, 0.05) is 0 Å². The first kappa shape index (κ1) is 16.7. The second kappa shape index (κ2) is 8.08. The third-order valence-electron chi connectivity index (χ3n) is 2.42. The second-order valence-electron chi connectivity index (χ2n) is 4.24. The predicted molar refractivity (Wildman–Crippen MR) is 77.0 cm³/mol. The van der Waals surface area contributed by atoms with Crippen LogP contribution in [0.1, 0.15) is 27.2 Å². The fourth-order valence-electron chi connectivity index (χ4n) is 1.58. The number of esters is 1. The highest BCUT2D eigenvalue weighted by Gasteiger charge is 2.31. The number of hydrogen-bond acceptors (Lipinski definition) is 5. The molecular formula is C14H21O5P. The summed E-state index contributed by atoms with van der Waals surface area (Å²) in [5, 5.41) is 0. The van der Waals surface area contributed by atoms with Crippen molar-refractivity contribution in [3.63, 3.8) is 0 Å². The molecule has 0 spiro atoms. The van der Waals surface area contributed by atoms with E-state index in [-0.39, 0.29) is 12.8 Å². The lowest BCUT2D eigenvalue weighted by molar-refractivity contribution is -0.150. The molecule has 5 nitrogen and oxygen atoms in total. The van der Waals surface area contributed by atoms with E-state index >= 15 is 0 Å². The van der Waals surface area contributed by atoms with Crippen LogP contribution in [0.3, 0.4) is 0 Å². The van der Waals surface area contributed by atoms with E-state index in [1.165, 1.54) is 6.92 Å². The molecule has 0 bridgehead atoms. The maximum atomic E-state index is 12.6. The lowest BCUT2D eigenvalue weighted by atomic mass is 10.3. The molecule has 20 heavy (non-hydrogen) atoms. The van der Waals surface area contributed by atoms with Crippen molar-refractivity contribution >= 4 is 13.6 Å². The van der Waals surface area contributed by atoms with Gasteiger partial charge in [0.2, 0.25) is 0 Å². The van der Waals surface area contributed by atoms with Crippen LogP contribution in [0.2, 0.25) is 0 Å². The summed E-state index contributed by atoms with van der Waals surface area (Å²) in [6.07, 6.45) is -0.0540. The Bertz CT molecular complexity index is 460. The summed E-state index contributed by atoms with van der Waals surface area (Å²) in [5.41, 5.74) is 0. The van der Waals surface area contributed by atoms with Gasteiger partial charge in [-0.1, -0.05) is 25.1 Å². The second-order valence-corrected chi connectivity index (χ2v) is 6.30. The quantitative estimate of drug-likeness (QED) is 0.542. The van der Waals surface area contributed by atoms with Crippen LogP contribution in [0.4, 0.5) is 0 Å². The number of carbonyl (C=O) groups is 1. The van der Waals surface area contributed by atoms with Gasteiger partial charge in [0.25, 0.3) is 0 Å². The summed E-state index contributed by atoms with van der Waals surface area (Å²) in [4.78, 5) is 11.6. The van der Waals surface area contributed by atoms with Crippen LogP contribution in [0.25, 0.3) is 0 Å². The Balaban J connectivity index is 2.76. The minimum Gasteiger partial charge on any atom is -0.464 e. The molecule has 0 fully saturated rings. The first-order chi connectivity index (χ1) is 9.50. The molecule has 0 saturated heterocycles. The maximum Gasteiger partial charge on any atom is 0.379 e. The van der Waals surface area contributed by atoms with Crippen molar-refractivity contribution in [1.29, 1.82) is 0 Å². The van der Waals surface area contributed by atoms with Crippen molar-refractivity contribution in [3.8, 4) is 5.75 Å². The van der Waals surface area contributed by atoms with Gasteiger partial charge in [0.05, 0.1) is 12.8 Å². The van der Waals surface area contributed by atoms with Crippen LogP contribution in [0.15, 0.2) is 30.3 Å². The maximum absolute atomic E-state index is 12.6. The summed E-state index contributed by atoms with van der Waals surface area (Å²) in [6.45, 7) is 5.34. The van der Waals surface area contributed by atoms with Gasteiger partial charge in [0.1, 0.15) is 5.75 Å². The molecule has 112 valence electrons. The van der Waals surface area contributed by atoms with Crippen molar-refractivity contribution in [3.05, 3.63) is 30.3 Å². The summed E-state index contributed by atoms with van der Waals surface area (Å²) < 4.78 is 28.3. The number of carbonyl (C=O) groups excluding carboxylic acids is 1. The normalized spacial score (nSPS) is 15.2. The average Bonchev–Trinajstić information content (AvgIpc) is 2.40. The highest BCUT2D eigenvalue weighted by molar-refractivity contribution is 7.54. The van der Waals surface area contributed by atoms with E-state index in [4.69, 9.17) is 13.8 Å². The molecule has 1 aromatic rings. The van der Waals surface area contributed by atoms with E-state index in [1.54, 1.807) is 31.2 Å². The number of para-hydroxylation sites is 1. The Labute approximate surface area is 119 Å². The van der Waals surface area contributed by atoms with E-state index in [0.29, 0.717) is 12.2 Å². The molecule has 2 atom stereocenters. The van der Waals surface area contributed by atoms with Gasteiger partial charge in [-0.15, -0.1) is 0 Å². The van der Waals surface area contributed by atoms with Gasteiger partial charge in [-0.3, -0.25) is 4.52 Å². The van der Waals surface area contributed by atoms with Gasteiger partial charge >= 0.3 is 13.6 Å². The van der Waals surface area contributed by atoms with E-state index in [2.05, 4.69) is 0 Å². The van der Waals surface area contributed by atoms with Gasteiger partial charge in [-0.2, -0.15) is 0 Å². The SMILES string of the molecule is CCCP(=O)(Oc1ccccc1)O[C@H](C)C(=O)OCC. The third kappa shape index (κ3) is 5.35. The van der Waals surface area contributed by atoms with Gasteiger partial charge < -0.3 is 9.26 Å². The van der Waals surface area contributed by atoms with Crippen molar-refractivity contribution in [2.24, 2.45) is 0 Å². The Morgan fingerprint density at radius 2 is 1.90 bits per heavy atom. The zero-order chi connectivity index (χ0) is 15.0. The van der Waals surface area contributed by atoms with Crippen molar-refractivity contribution in [2.75, 3.05) is 12.8 Å². The standard InChI is InChI=1S/C14H21O5P/c1-4-11-20(16,18-12(3)14(15)17-5-2)19-13-9-7-6-8-10-13/h6-10,12H,4-5,11H2,1-3H3/t12-,20?/m1/s1. The Kier molecular flexibility index (Phi) is 6.76. The molecule has 6 heteroatoms. The van der Waals surface area contributed by atoms with Crippen LogP contribution >= 0.6 is 7.60 Å². The summed E-state index contributed by atoms with van der Waals surface area (Å²) in [7, 11) is -3.38. The first-order valence-electron chi connectivity index (χ1n) is 6.69. The topological polar surface area (TPSA) is 61.8 Å². The molecule has 0 N–H and O–H groups in total. The zero-order valence-electron chi connectivity index (χ0n) is 12.1. The van der Waals surface area contributed by atoms with E-state index in [0.717, 1.165) is 0 Å². The fraction of sp³-hybridized carbons (Fsp3) is 0.500. The van der Waals surface area contributed by atoms with Crippen LogP contribution in [-0.4, -0.2) is 24.8 Å².